The summed E-state index contributed by atoms with van der Waals surface area (Å²) in [7, 11) is 0. The van der Waals surface area contributed by atoms with Crippen molar-refractivity contribution >= 4 is 17.5 Å². The van der Waals surface area contributed by atoms with Crippen molar-refractivity contribution in [2.45, 2.75) is 6.92 Å². The highest BCUT2D eigenvalue weighted by atomic mass is 16.5. The monoisotopic (exact) mass is 337 g/mol. The number of hydrogen-bond acceptors (Lipinski definition) is 4. The molecule has 0 saturated carbocycles. The molecule has 0 aliphatic rings. The van der Waals surface area contributed by atoms with Gasteiger partial charge >= 0.3 is 0 Å². The molecule has 6 nitrogen and oxygen atoms in total. The fourth-order valence-corrected chi connectivity index (χ4v) is 2.27. The van der Waals surface area contributed by atoms with E-state index in [4.69, 9.17) is 10.00 Å². The second-order valence-electron chi connectivity index (χ2n) is 5.25. The van der Waals surface area contributed by atoms with Crippen molar-refractivity contribution < 1.29 is 14.3 Å². The van der Waals surface area contributed by atoms with Gasteiger partial charge in [-0.25, -0.2) is 0 Å². The number of anilines is 1. The van der Waals surface area contributed by atoms with Crippen molar-refractivity contribution in [3.05, 3.63) is 60.2 Å². The molecule has 0 aliphatic carbocycles. The van der Waals surface area contributed by atoms with Crippen LogP contribution in [0.4, 0.5) is 5.69 Å². The van der Waals surface area contributed by atoms with Gasteiger partial charge in [-0.05, 0) is 24.3 Å². The maximum atomic E-state index is 11.9. The molecule has 0 saturated heterocycles. The molecule has 6 heteroatoms. The van der Waals surface area contributed by atoms with Gasteiger partial charge in [-0.3, -0.25) is 9.59 Å². The number of benzene rings is 2. The second-order valence-corrected chi connectivity index (χ2v) is 5.25. The topological polar surface area (TPSA) is 82.4 Å². The molecule has 0 aliphatic heterocycles. The van der Waals surface area contributed by atoms with E-state index in [2.05, 4.69) is 11.4 Å². The predicted octanol–water partition coefficient (Wildman–Crippen LogP) is 2.11. The third kappa shape index (κ3) is 5.36. The van der Waals surface area contributed by atoms with E-state index in [-0.39, 0.29) is 31.5 Å². The van der Waals surface area contributed by atoms with Crippen LogP contribution in [0.1, 0.15) is 12.5 Å². The summed E-state index contributed by atoms with van der Waals surface area (Å²) in [5, 5.41) is 11.9. The Morgan fingerprint density at radius 2 is 1.80 bits per heavy atom. The van der Waals surface area contributed by atoms with Gasteiger partial charge in [0.05, 0.1) is 11.3 Å². The molecule has 0 fully saturated rings. The Labute approximate surface area is 146 Å². The van der Waals surface area contributed by atoms with Gasteiger partial charge in [-0.15, -0.1) is 0 Å². The van der Waals surface area contributed by atoms with Crippen LogP contribution >= 0.6 is 0 Å². The maximum Gasteiger partial charge on any atom is 0.258 e. The molecule has 2 aromatic rings. The molecule has 1 N–H and O–H groups in total. The smallest absolute Gasteiger partial charge is 0.258 e. The first kappa shape index (κ1) is 18.0. The van der Waals surface area contributed by atoms with Crippen LogP contribution in [0.2, 0.25) is 0 Å². The average Bonchev–Trinajstić information content (AvgIpc) is 2.64. The quantitative estimate of drug-likeness (QED) is 0.839. The number of nitrogens with zero attached hydrogens (tertiary/aromatic N) is 2. The van der Waals surface area contributed by atoms with Crippen molar-refractivity contribution in [1.29, 1.82) is 5.26 Å². The molecule has 25 heavy (non-hydrogen) atoms. The van der Waals surface area contributed by atoms with Crippen LogP contribution in [-0.2, 0) is 9.59 Å². The molecule has 0 heterocycles. The summed E-state index contributed by atoms with van der Waals surface area (Å²) in [5.74, 6) is 0.143. The summed E-state index contributed by atoms with van der Waals surface area (Å²) in [6, 6.07) is 18.0. The number of nitrogens with one attached hydrogen (secondary N) is 1. The number of hydrogen-bond donors (Lipinski definition) is 1. The highest BCUT2D eigenvalue weighted by molar-refractivity contribution is 5.93. The lowest BCUT2D eigenvalue weighted by atomic mass is 10.1. The third-order valence-electron chi connectivity index (χ3n) is 3.47. The van der Waals surface area contributed by atoms with Gasteiger partial charge in [-0.1, -0.05) is 30.3 Å². The van der Waals surface area contributed by atoms with Gasteiger partial charge in [0, 0.05) is 20.0 Å². The van der Waals surface area contributed by atoms with E-state index in [9.17, 15) is 9.59 Å². The minimum atomic E-state index is -0.277. The highest BCUT2D eigenvalue weighted by Crippen LogP contribution is 2.19. The lowest BCUT2D eigenvalue weighted by Gasteiger charge is -2.22. The Morgan fingerprint density at radius 3 is 2.48 bits per heavy atom. The normalized spacial score (nSPS) is 9.76. The molecule has 2 amide bonds. The number of para-hydroxylation sites is 2. The van der Waals surface area contributed by atoms with Crippen molar-refractivity contribution in [2.24, 2.45) is 0 Å². The number of amides is 2. The zero-order chi connectivity index (χ0) is 18.1. The number of nitriles is 1. The molecule has 128 valence electrons. The van der Waals surface area contributed by atoms with Gasteiger partial charge in [0.1, 0.15) is 11.8 Å². The van der Waals surface area contributed by atoms with Crippen LogP contribution in [0.25, 0.3) is 0 Å². The number of rotatable bonds is 7. The molecular weight excluding hydrogens is 318 g/mol. The molecule has 0 atom stereocenters. The lowest BCUT2D eigenvalue weighted by molar-refractivity contribution is -0.123. The van der Waals surface area contributed by atoms with E-state index in [1.165, 1.54) is 11.8 Å². The van der Waals surface area contributed by atoms with Gasteiger partial charge in [0.25, 0.3) is 5.91 Å². The first-order chi connectivity index (χ1) is 12.1. The minimum absolute atomic E-state index is 0.0983. The van der Waals surface area contributed by atoms with Crippen molar-refractivity contribution in [2.75, 3.05) is 24.6 Å². The van der Waals surface area contributed by atoms with E-state index in [1.807, 2.05) is 18.2 Å². The van der Waals surface area contributed by atoms with E-state index >= 15 is 0 Å². The summed E-state index contributed by atoms with van der Waals surface area (Å²) in [6.07, 6.45) is 0. The molecule has 0 unspecified atom stereocenters. The molecule has 0 spiro atoms. The third-order valence-corrected chi connectivity index (χ3v) is 3.47. The summed E-state index contributed by atoms with van der Waals surface area (Å²) in [4.78, 5) is 25.2. The zero-order valence-corrected chi connectivity index (χ0v) is 13.9. The van der Waals surface area contributed by atoms with Crippen LogP contribution in [0.3, 0.4) is 0 Å². The van der Waals surface area contributed by atoms with E-state index < -0.39 is 0 Å². The summed E-state index contributed by atoms with van der Waals surface area (Å²) >= 11 is 0. The van der Waals surface area contributed by atoms with Crippen LogP contribution in [0.15, 0.2) is 54.6 Å². The fourth-order valence-electron chi connectivity index (χ4n) is 2.27. The lowest BCUT2D eigenvalue weighted by Crippen LogP contribution is -2.39. The van der Waals surface area contributed by atoms with Gasteiger partial charge in [0.15, 0.2) is 6.61 Å². The van der Waals surface area contributed by atoms with Crippen LogP contribution < -0.4 is 15.0 Å². The fraction of sp³-hybridized carbons (Fsp3) is 0.211. The summed E-state index contributed by atoms with van der Waals surface area (Å²) in [5.41, 5.74) is 0.948. The van der Waals surface area contributed by atoms with Crippen LogP contribution in [0.5, 0.6) is 5.75 Å². The van der Waals surface area contributed by atoms with Crippen molar-refractivity contribution in [3.8, 4) is 11.8 Å². The largest absolute Gasteiger partial charge is 0.484 e. The molecule has 0 bridgehead atoms. The van der Waals surface area contributed by atoms with Crippen LogP contribution in [0, 0.1) is 11.3 Å². The number of ether oxygens (including phenoxy) is 1. The standard InChI is InChI=1S/C19H19N3O3/c1-15(23)22(18-10-6-5-7-16(18)13-20)12-11-21-19(24)14-25-17-8-3-2-4-9-17/h2-10H,11-12,14H2,1H3,(H,21,24). The van der Waals surface area contributed by atoms with Gasteiger partial charge < -0.3 is 15.0 Å². The van der Waals surface area contributed by atoms with E-state index in [1.54, 1.807) is 36.4 Å². The summed E-state index contributed by atoms with van der Waals surface area (Å²) < 4.78 is 5.36. The van der Waals surface area contributed by atoms with E-state index in [0.717, 1.165) is 0 Å². The molecule has 2 rings (SSSR count). The highest BCUT2D eigenvalue weighted by Gasteiger charge is 2.15. The molecule has 0 aromatic heterocycles. The SMILES string of the molecule is CC(=O)N(CCNC(=O)COc1ccccc1)c1ccccc1C#N. The minimum Gasteiger partial charge on any atom is -0.484 e. The second kappa shape index (κ2) is 9.08. The first-order valence-corrected chi connectivity index (χ1v) is 7.83. The first-order valence-electron chi connectivity index (χ1n) is 7.83. The molecular formula is C19H19N3O3. The Balaban J connectivity index is 1.86. The predicted molar refractivity (Wildman–Crippen MR) is 94.1 cm³/mol. The van der Waals surface area contributed by atoms with Gasteiger partial charge in [-0.2, -0.15) is 5.26 Å². The Hall–Kier alpha value is -3.33. The Morgan fingerprint density at radius 1 is 1.12 bits per heavy atom. The Kier molecular flexibility index (Phi) is 6.55. The van der Waals surface area contributed by atoms with Gasteiger partial charge in [0.2, 0.25) is 5.91 Å². The molecule has 0 radical (unpaired) electrons. The van der Waals surface area contributed by atoms with E-state index in [0.29, 0.717) is 17.0 Å². The number of carbonyl (C=O) groups excluding carboxylic acids is 2. The van der Waals surface area contributed by atoms with Crippen molar-refractivity contribution in [1.82, 2.24) is 5.32 Å². The average molecular weight is 337 g/mol. The number of carbonyl (C=O) groups is 2. The maximum absolute atomic E-state index is 11.9. The zero-order valence-electron chi connectivity index (χ0n) is 13.9. The Bertz CT molecular complexity index is 769. The van der Waals surface area contributed by atoms with Crippen molar-refractivity contribution in [3.63, 3.8) is 0 Å². The summed E-state index contributed by atoms with van der Waals surface area (Å²) in [6.45, 7) is 1.86. The molecule has 2 aromatic carbocycles. The van der Waals surface area contributed by atoms with Crippen LogP contribution in [-0.4, -0.2) is 31.5 Å².